The van der Waals surface area contributed by atoms with Gasteiger partial charge in [-0.25, -0.2) is 4.98 Å². The van der Waals surface area contributed by atoms with Gasteiger partial charge in [-0.15, -0.1) is 0 Å². The van der Waals surface area contributed by atoms with Crippen LogP contribution in [0.4, 0.5) is 5.69 Å². The second-order valence-corrected chi connectivity index (χ2v) is 6.58. The van der Waals surface area contributed by atoms with Gasteiger partial charge in [0.05, 0.1) is 17.3 Å². The number of ether oxygens (including phenoxy) is 1. The fourth-order valence-corrected chi connectivity index (χ4v) is 3.22. The first-order valence-corrected chi connectivity index (χ1v) is 9.32. The first kappa shape index (κ1) is 19.6. The molecule has 2 heterocycles. The SMILES string of the molecule is COCCCNC(=O)c1nc(C(=O)Nc2ccc(C#N)cc2)n2c1CCCC2. The molecule has 0 saturated heterocycles. The number of nitriles is 1. The van der Waals surface area contributed by atoms with Gasteiger partial charge < -0.3 is 19.9 Å². The average Bonchev–Trinajstić information content (AvgIpc) is 3.11. The van der Waals surface area contributed by atoms with Crippen LogP contribution in [0.25, 0.3) is 0 Å². The summed E-state index contributed by atoms with van der Waals surface area (Å²) >= 11 is 0. The summed E-state index contributed by atoms with van der Waals surface area (Å²) in [7, 11) is 1.62. The Morgan fingerprint density at radius 2 is 2.04 bits per heavy atom. The van der Waals surface area contributed by atoms with E-state index in [0.717, 1.165) is 25.0 Å². The Bertz CT molecular complexity index is 896. The highest BCUT2D eigenvalue weighted by molar-refractivity contribution is 6.03. The zero-order valence-electron chi connectivity index (χ0n) is 15.8. The summed E-state index contributed by atoms with van der Waals surface area (Å²) < 4.78 is 6.82. The number of amides is 2. The van der Waals surface area contributed by atoms with Crippen LogP contribution in [0.2, 0.25) is 0 Å². The van der Waals surface area contributed by atoms with Crippen LogP contribution in [-0.2, 0) is 17.7 Å². The van der Waals surface area contributed by atoms with E-state index in [9.17, 15) is 9.59 Å². The number of imidazole rings is 1. The summed E-state index contributed by atoms with van der Waals surface area (Å²) in [5.74, 6) is -0.397. The van der Waals surface area contributed by atoms with Crippen LogP contribution in [0, 0.1) is 11.3 Å². The third kappa shape index (κ3) is 4.38. The molecular formula is C20H23N5O3. The Kier molecular flexibility index (Phi) is 6.40. The number of carbonyl (C=O) groups is 2. The van der Waals surface area contributed by atoms with Crippen LogP contribution < -0.4 is 10.6 Å². The van der Waals surface area contributed by atoms with Gasteiger partial charge in [0.25, 0.3) is 11.8 Å². The molecule has 0 saturated carbocycles. The van der Waals surface area contributed by atoms with Crippen molar-refractivity contribution in [2.45, 2.75) is 32.2 Å². The van der Waals surface area contributed by atoms with Crippen molar-refractivity contribution in [2.75, 3.05) is 25.6 Å². The fraction of sp³-hybridized carbons (Fsp3) is 0.400. The standard InChI is InChI=1S/C20H23N5O3/c1-28-12-4-10-22-19(26)17-16-5-2-3-11-25(16)18(24-17)20(27)23-15-8-6-14(13-21)7-9-15/h6-9H,2-5,10-12H2,1H3,(H,22,26)(H,23,27). The largest absolute Gasteiger partial charge is 0.385 e. The third-order valence-electron chi connectivity index (χ3n) is 4.62. The molecule has 0 radical (unpaired) electrons. The fourth-order valence-electron chi connectivity index (χ4n) is 3.22. The van der Waals surface area contributed by atoms with E-state index in [0.29, 0.717) is 43.1 Å². The molecule has 0 spiro atoms. The number of methoxy groups -OCH3 is 1. The van der Waals surface area contributed by atoms with E-state index in [1.165, 1.54) is 0 Å². The normalized spacial score (nSPS) is 12.7. The van der Waals surface area contributed by atoms with Crippen molar-refractivity contribution in [3.8, 4) is 6.07 Å². The lowest BCUT2D eigenvalue weighted by Gasteiger charge is -2.17. The van der Waals surface area contributed by atoms with Crippen LogP contribution in [0.5, 0.6) is 0 Å². The van der Waals surface area contributed by atoms with Crippen molar-refractivity contribution in [3.63, 3.8) is 0 Å². The molecule has 3 rings (SSSR count). The maximum absolute atomic E-state index is 12.8. The summed E-state index contributed by atoms with van der Waals surface area (Å²) in [4.78, 5) is 29.7. The highest BCUT2D eigenvalue weighted by Gasteiger charge is 2.27. The smallest absolute Gasteiger partial charge is 0.291 e. The molecule has 0 atom stereocenters. The predicted octanol–water partition coefficient (Wildman–Crippen LogP) is 2.11. The van der Waals surface area contributed by atoms with Crippen LogP contribution in [0.1, 0.15) is 51.6 Å². The van der Waals surface area contributed by atoms with Crippen molar-refractivity contribution in [2.24, 2.45) is 0 Å². The lowest BCUT2D eigenvalue weighted by molar-refractivity contribution is 0.0942. The molecule has 8 nitrogen and oxygen atoms in total. The van der Waals surface area contributed by atoms with Crippen molar-refractivity contribution >= 4 is 17.5 Å². The molecule has 0 unspecified atom stereocenters. The van der Waals surface area contributed by atoms with E-state index in [4.69, 9.17) is 10.00 Å². The molecule has 146 valence electrons. The lowest BCUT2D eigenvalue weighted by atomic mass is 10.1. The number of rotatable bonds is 7. The lowest BCUT2D eigenvalue weighted by Crippen LogP contribution is -2.27. The molecule has 0 bridgehead atoms. The molecule has 0 fully saturated rings. The van der Waals surface area contributed by atoms with Gasteiger partial charge in [0.15, 0.2) is 5.82 Å². The van der Waals surface area contributed by atoms with E-state index < -0.39 is 0 Å². The summed E-state index contributed by atoms with van der Waals surface area (Å²) in [5.41, 5.74) is 2.22. The zero-order chi connectivity index (χ0) is 19.9. The topological polar surface area (TPSA) is 109 Å². The number of benzene rings is 1. The molecule has 2 aromatic rings. The van der Waals surface area contributed by atoms with E-state index >= 15 is 0 Å². The quantitative estimate of drug-likeness (QED) is 0.714. The molecular weight excluding hydrogens is 358 g/mol. The van der Waals surface area contributed by atoms with Crippen LogP contribution in [0.15, 0.2) is 24.3 Å². The van der Waals surface area contributed by atoms with E-state index in [2.05, 4.69) is 15.6 Å². The van der Waals surface area contributed by atoms with Gasteiger partial charge in [0.1, 0.15) is 5.69 Å². The second kappa shape index (κ2) is 9.15. The number of hydrogen-bond acceptors (Lipinski definition) is 5. The molecule has 28 heavy (non-hydrogen) atoms. The molecule has 2 N–H and O–H groups in total. The van der Waals surface area contributed by atoms with Crippen molar-refractivity contribution in [3.05, 3.63) is 47.0 Å². The molecule has 1 aliphatic rings. The molecule has 1 aliphatic heterocycles. The van der Waals surface area contributed by atoms with Gasteiger partial charge in [0, 0.05) is 32.5 Å². The van der Waals surface area contributed by atoms with Crippen LogP contribution in [-0.4, -0.2) is 41.6 Å². The van der Waals surface area contributed by atoms with Crippen molar-refractivity contribution < 1.29 is 14.3 Å². The zero-order valence-corrected chi connectivity index (χ0v) is 15.8. The summed E-state index contributed by atoms with van der Waals surface area (Å²) in [6.45, 7) is 1.72. The average molecular weight is 381 g/mol. The Morgan fingerprint density at radius 1 is 1.25 bits per heavy atom. The molecule has 0 aliphatic carbocycles. The number of anilines is 1. The highest BCUT2D eigenvalue weighted by Crippen LogP contribution is 2.22. The Morgan fingerprint density at radius 3 is 2.75 bits per heavy atom. The molecule has 1 aromatic carbocycles. The van der Waals surface area contributed by atoms with Gasteiger partial charge in [-0.3, -0.25) is 9.59 Å². The summed E-state index contributed by atoms with van der Waals surface area (Å²) in [5, 5.41) is 14.5. The van der Waals surface area contributed by atoms with Gasteiger partial charge in [-0.05, 0) is 49.9 Å². The Labute approximate surface area is 163 Å². The number of nitrogens with zero attached hydrogens (tertiary/aromatic N) is 3. The predicted molar refractivity (Wildman–Crippen MR) is 103 cm³/mol. The maximum atomic E-state index is 12.8. The van der Waals surface area contributed by atoms with Gasteiger partial charge in [-0.1, -0.05) is 0 Å². The van der Waals surface area contributed by atoms with Gasteiger partial charge >= 0.3 is 0 Å². The number of hydrogen-bond donors (Lipinski definition) is 2. The van der Waals surface area contributed by atoms with Crippen LogP contribution >= 0.6 is 0 Å². The highest BCUT2D eigenvalue weighted by atomic mass is 16.5. The number of fused-ring (bicyclic) bond motifs is 1. The Hall–Kier alpha value is -3.18. The first-order valence-electron chi connectivity index (χ1n) is 9.32. The maximum Gasteiger partial charge on any atom is 0.291 e. The minimum absolute atomic E-state index is 0.237. The third-order valence-corrected chi connectivity index (χ3v) is 4.62. The molecule has 8 heteroatoms. The van der Waals surface area contributed by atoms with Crippen molar-refractivity contribution in [1.29, 1.82) is 5.26 Å². The number of carbonyl (C=O) groups excluding carboxylic acids is 2. The Balaban J connectivity index is 1.78. The minimum atomic E-state index is -0.369. The number of nitrogens with one attached hydrogen (secondary N) is 2. The monoisotopic (exact) mass is 381 g/mol. The van der Waals surface area contributed by atoms with E-state index in [1.54, 1.807) is 31.4 Å². The second-order valence-electron chi connectivity index (χ2n) is 6.58. The van der Waals surface area contributed by atoms with Gasteiger partial charge in [-0.2, -0.15) is 5.26 Å². The number of aromatic nitrogens is 2. The first-order chi connectivity index (χ1) is 13.6. The van der Waals surface area contributed by atoms with E-state index in [-0.39, 0.29) is 17.6 Å². The van der Waals surface area contributed by atoms with E-state index in [1.807, 2.05) is 10.6 Å². The van der Waals surface area contributed by atoms with Crippen LogP contribution in [0.3, 0.4) is 0 Å². The van der Waals surface area contributed by atoms with Gasteiger partial charge in [0.2, 0.25) is 0 Å². The molecule has 2 amide bonds. The summed E-state index contributed by atoms with van der Waals surface area (Å²) in [6, 6.07) is 8.64. The summed E-state index contributed by atoms with van der Waals surface area (Å²) in [6.07, 6.45) is 3.34. The van der Waals surface area contributed by atoms with Crippen molar-refractivity contribution in [1.82, 2.24) is 14.9 Å². The minimum Gasteiger partial charge on any atom is -0.385 e. The molecule has 1 aromatic heterocycles.